The van der Waals surface area contributed by atoms with Crippen molar-refractivity contribution in [2.24, 2.45) is 0 Å². The molecular weight excluding hydrogens is 394 g/mol. The molecule has 2 aliphatic rings. The molecule has 0 spiro atoms. The van der Waals surface area contributed by atoms with Crippen LogP contribution >= 0.6 is 11.6 Å². The molecule has 29 heavy (non-hydrogen) atoms. The molecular formula is C21H16ClN3O4. The average Bonchev–Trinajstić information content (AvgIpc) is 3.26. The van der Waals surface area contributed by atoms with Gasteiger partial charge in [-0.2, -0.15) is 0 Å². The van der Waals surface area contributed by atoms with E-state index < -0.39 is 11.6 Å². The number of pyridine rings is 1. The number of benzene rings is 2. The van der Waals surface area contributed by atoms with Gasteiger partial charge in [0.05, 0.1) is 12.1 Å². The Balaban J connectivity index is 1.47. The third-order valence-corrected chi connectivity index (χ3v) is 5.63. The van der Waals surface area contributed by atoms with Crippen LogP contribution in [0.5, 0.6) is 11.5 Å². The standard InChI is InChI=1S/C21H16ClN3O4/c1-21(14-6-7-16-17(9-14)29-11-28-16)19(26)25(20(27)24-21)10-13-8-12-4-2-3-5-15(12)23-18(13)22/h2-9H,10-11H2,1H3,(H,24,27). The van der Waals surface area contributed by atoms with Gasteiger partial charge >= 0.3 is 6.03 Å². The maximum atomic E-state index is 13.2. The van der Waals surface area contributed by atoms with Gasteiger partial charge in [0.1, 0.15) is 10.7 Å². The van der Waals surface area contributed by atoms with Crippen molar-refractivity contribution in [1.29, 1.82) is 0 Å². The summed E-state index contributed by atoms with van der Waals surface area (Å²) in [5, 5.41) is 3.94. The van der Waals surface area contributed by atoms with Crippen LogP contribution in [0.2, 0.25) is 5.15 Å². The summed E-state index contributed by atoms with van der Waals surface area (Å²) in [5.74, 6) is 0.789. The number of amides is 3. The molecule has 3 heterocycles. The summed E-state index contributed by atoms with van der Waals surface area (Å²) in [6.07, 6.45) is 0. The molecule has 1 fully saturated rings. The van der Waals surface area contributed by atoms with Crippen LogP contribution in [0.25, 0.3) is 10.9 Å². The predicted molar refractivity (Wildman–Crippen MR) is 106 cm³/mol. The Bertz CT molecular complexity index is 1180. The number of ether oxygens (including phenoxy) is 2. The summed E-state index contributed by atoms with van der Waals surface area (Å²) in [6, 6.07) is 14.1. The molecule has 0 aliphatic carbocycles. The fourth-order valence-electron chi connectivity index (χ4n) is 3.66. The summed E-state index contributed by atoms with van der Waals surface area (Å²) in [4.78, 5) is 31.4. The van der Waals surface area contributed by atoms with Crippen LogP contribution in [0.15, 0.2) is 48.5 Å². The zero-order chi connectivity index (χ0) is 20.2. The first-order valence-corrected chi connectivity index (χ1v) is 9.42. The molecule has 2 aliphatic heterocycles. The minimum Gasteiger partial charge on any atom is -0.454 e. The molecule has 1 N–H and O–H groups in total. The van der Waals surface area contributed by atoms with Gasteiger partial charge in [-0.1, -0.05) is 35.9 Å². The van der Waals surface area contributed by atoms with E-state index in [-0.39, 0.29) is 24.4 Å². The highest BCUT2D eigenvalue weighted by Crippen LogP contribution is 2.38. The van der Waals surface area contributed by atoms with Gasteiger partial charge in [0.15, 0.2) is 11.5 Å². The highest BCUT2D eigenvalue weighted by molar-refractivity contribution is 6.30. The summed E-state index contributed by atoms with van der Waals surface area (Å²) in [5.41, 5.74) is 0.757. The van der Waals surface area contributed by atoms with Gasteiger partial charge in [-0.05, 0) is 36.8 Å². The maximum absolute atomic E-state index is 13.2. The topological polar surface area (TPSA) is 80.8 Å². The second kappa shape index (κ2) is 6.35. The summed E-state index contributed by atoms with van der Waals surface area (Å²) >= 11 is 6.32. The van der Waals surface area contributed by atoms with Gasteiger partial charge in [0.2, 0.25) is 6.79 Å². The van der Waals surface area contributed by atoms with Crippen LogP contribution in [0.3, 0.4) is 0 Å². The lowest BCUT2D eigenvalue weighted by Gasteiger charge is -2.22. The van der Waals surface area contributed by atoms with Gasteiger partial charge in [-0.3, -0.25) is 9.69 Å². The second-order valence-corrected chi connectivity index (χ2v) is 7.50. The van der Waals surface area contributed by atoms with Crippen molar-refractivity contribution in [2.45, 2.75) is 19.0 Å². The SMILES string of the molecule is CC1(c2ccc3c(c2)OCO3)NC(=O)N(Cc2cc3ccccc3nc2Cl)C1=O. The number of hydrogen-bond acceptors (Lipinski definition) is 5. The molecule has 5 rings (SSSR count). The first-order chi connectivity index (χ1) is 14.0. The van der Waals surface area contributed by atoms with Crippen LogP contribution in [-0.4, -0.2) is 28.6 Å². The third kappa shape index (κ3) is 2.77. The van der Waals surface area contributed by atoms with Gasteiger partial charge in [-0.15, -0.1) is 0 Å². The molecule has 1 saturated heterocycles. The number of aromatic nitrogens is 1. The number of para-hydroxylation sites is 1. The molecule has 1 unspecified atom stereocenters. The number of nitrogens with one attached hydrogen (secondary N) is 1. The van der Waals surface area contributed by atoms with Crippen LogP contribution < -0.4 is 14.8 Å². The van der Waals surface area contributed by atoms with Crippen LogP contribution in [0.4, 0.5) is 4.79 Å². The Morgan fingerprint density at radius 1 is 1.14 bits per heavy atom. The minimum atomic E-state index is -1.21. The van der Waals surface area contributed by atoms with Gasteiger partial charge < -0.3 is 14.8 Å². The lowest BCUT2D eigenvalue weighted by molar-refractivity contribution is -0.131. The van der Waals surface area contributed by atoms with Crippen molar-refractivity contribution in [3.05, 3.63) is 64.8 Å². The molecule has 2 aromatic carbocycles. The molecule has 1 aromatic heterocycles. The van der Waals surface area contributed by atoms with Crippen molar-refractivity contribution in [2.75, 3.05) is 6.79 Å². The summed E-state index contributed by atoms with van der Waals surface area (Å²) < 4.78 is 10.7. The van der Waals surface area contributed by atoms with Crippen molar-refractivity contribution in [3.63, 3.8) is 0 Å². The first-order valence-electron chi connectivity index (χ1n) is 9.04. The van der Waals surface area contributed by atoms with E-state index in [0.29, 0.717) is 22.6 Å². The van der Waals surface area contributed by atoms with E-state index in [2.05, 4.69) is 10.3 Å². The van der Waals surface area contributed by atoms with E-state index in [9.17, 15) is 9.59 Å². The lowest BCUT2D eigenvalue weighted by Crippen LogP contribution is -2.40. The Labute approximate surface area is 171 Å². The molecule has 8 heteroatoms. The number of imide groups is 1. The number of fused-ring (bicyclic) bond motifs is 2. The number of nitrogens with zero attached hydrogens (tertiary/aromatic N) is 2. The van der Waals surface area contributed by atoms with Crippen molar-refractivity contribution >= 4 is 34.4 Å². The number of halogens is 1. The molecule has 1 atom stereocenters. The Morgan fingerprint density at radius 2 is 1.93 bits per heavy atom. The summed E-state index contributed by atoms with van der Waals surface area (Å²) in [7, 11) is 0. The monoisotopic (exact) mass is 409 g/mol. The second-order valence-electron chi connectivity index (χ2n) is 7.15. The molecule has 7 nitrogen and oxygen atoms in total. The van der Waals surface area contributed by atoms with Crippen LogP contribution in [0, 0.1) is 0 Å². The quantitative estimate of drug-likeness (QED) is 0.528. The largest absolute Gasteiger partial charge is 0.454 e. The predicted octanol–water partition coefficient (Wildman–Crippen LogP) is 3.58. The summed E-state index contributed by atoms with van der Waals surface area (Å²) in [6.45, 7) is 1.84. The first kappa shape index (κ1) is 17.8. The smallest absolute Gasteiger partial charge is 0.325 e. The Hall–Kier alpha value is -3.32. The number of carbonyl (C=O) groups is 2. The van der Waals surface area contributed by atoms with Crippen LogP contribution in [-0.2, 0) is 16.9 Å². The Morgan fingerprint density at radius 3 is 2.79 bits per heavy atom. The van der Waals surface area contributed by atoms with Gasteiger partial charge in [0.25, 0.3) is 5.91 Å². The maximum Gasteiger partial charge on any atom is 0.325 e. The van der Waals surface area contributed by atoms with E-state index in [1.54, 1.807) is 25.1 Å². The van der Waals surface area contributed by atoms with Gasteiger partial charge in [-0.25, -0.2) is 9.78 Å². The number of urea groups is 1. The van der Waals surface area contributed by atoms with E-state index in [1.165, 1.54) is 0 Å². The van der Waals surface area contributed by atoms with E-state index in [1.807, 2.05) is 30.3 Å². The normalized spacial score (nSPS) is 20.4. The van der Waals surface area contributed by atoms with Crippen molar-refractivity contribution in [1.82, 2.24) is 15.2 Å². The fraction of sp³-hybridized carbons (Fsp3) is 0.190. The van der Waals surface area contributed by atoms with E-state index >= 15 is 0 Å². The fourth-order valence-corrected chi connectivity index (χ4v) is 3.87. The highest BCUT2D eigenvalue weighted by atomic mass is 35.5. The Kier molecular flexibility index (Phi) is 3.89. The minimum absolute atomic E-state index is 0.0292. The lowest BCUT2D eigenvalue weighted by atomic mass is 9.91. The van der Waals surface area contributed by atoms with Crippen molar-refractivity contribution < 1.29 is 19.1 Å². The van der Waals surface area contributed by atoms with E-state index in [0.717, 1.165) is 15.8 Å². The van der Waals surface area contributed by atoms with Crippen LogP contribution in [0.1, 0.15) is 18.1 Å². The zero-order valence-corrected chi connectivity index (χ0v) is 16.2. The molecule has 146 valence electrons. The number of hydrogen-bond donors (Lipinski definition) is 1. The molecule has 3 amide bonds. The van der Waals surface area contributed by atoms with Crippen molar-refractivity contribution in [3.8, 4) is 11.5 Å². The molecule has 0 bridgehead atoms. The number of rotatable bonds is 3. The molecule has 0 radical (unpaired) electrons. The van der Waals surface area contributed by atoms with E-state index in [4.69, 9.17) is 21.1 Å². The highest BCUT2D eigenvalue weighted by Gasteiger charge is 2.49. The number of carbonyl (C=O) groups excluding carboxylic acids is 2. The molecule has 3 aromatic rings. The average molecular weight is 410 g/mol. The zero-order valence-electron chi connectivity index (χ0n) is 15.4. The van der Waals surface area contributed by atoms with Gasteiger partial charge in [0, 0.05) is 10.9 Å². The third-order valence-electron chi connectivity index (χ3n) is 5.30. The molecule has 0 saturated carbocycles.